The summed E-state index contributed by atoms with van der Waals surface area (Å²) in [7, 11) is 0. The van der Waals surface area contributed by atoms with Crippen LogP contribution in [-0.4, -0.2) is 16.9 Å². The molecule has 0 saturated carbocycles. The average molecular weight is 310 g/mol. The number of carbonyl (C=O) groups is 2. The van der Waals surface area contributed by atoms with Gasteiger partial charge in [-0.15, -0.1) is 0 Å². The van der Waals surface area contributed by atoms with Crippen molar-refractivity contribution in [2.75, 3.05) is 4.90 Å². The van der Waals surface area contributed by atoms with Crippen LogP contribution in [0.2, 0.25) is 5.02 Å². The van der Waals surface area contributed by atoms with Gasteiger partial charge in [0.2, 0.25) is 0 Å². The van der Waals surface area contributed by atoms with E-state index in [0.717, 1.165) is 23.8 Å². The third-order valence-corrected chi connectivity index (χ3v) is 4.49. The second-order valence-electron chi connectivity index (χ2n) is 5.28. The zero-order chi connectivity index (χ0) is 15.3. The van der Waals surface area contributed by atoms with Crippen LogP contribution in [-0.2, 0) is 9.59 Å². The van der Waals surface area contributed by atoms with Crippen molar-refractivity contribution in [3.63, 3.8) is 0 Å². The van der Waals surface area contributed by atoms with E-state index in [4.69, 9.17) is 11.6 Å². The highest BCUT2D eigenvalue weighted by molar-refractivity contribution is 6.34. The van der Waals surface area contributed by atoms with Gasteiger partial charge in [-0.3, -0.25) is 9.59 Å². The predicted molar refractivity (Wildman–Crippen MR) is 75.8 cm³/mol. The number of imide groups is 1. The number of rotatable bonds is 1. The number of amides is 2. The highest BCUT2D eigenvalue weighted by Crippen LogP contribution is 2.40. The summed E-state index contributed by atoms with van der Waals surface area (Å²) in [6, 6.07) is 1.03. The standard InChI is InChI=1S/C15H13ClFNO3/c1-7-12(16)11(19)6-10(13(7)17)18-14(20)8-4-2-3-5-9(8)15(18)21/h6,19H,2-5H2,1H3. The number of phenolic OH excluding ortho intramolecular Hbond substituents is 1. The Bertz CT molecular complexity index is 683. The second kappa shape index (κ2) is 4.84. The highest BCUT2D eigenvalue weighted by atomic mass is 35.5. The molecule has 1 aromatic carbocycles. The second-order valence-corrected chi connectivity index (χ2v) is 5.66. The van der Waals surface area contributed by atoms with Crippen LogP contribution in [0.25, 0.3) is 0 Å². The van der Waals surface area contributed by atoms with Crippen molar-refractivity contribution in [2.45, 2.75) is 32.6 Å². The molecule has 0 radical (unpaired) electrons. The van der Waals surface area contributed by atoms with Gasteiger partial charge in [0.1, 0.15) is 5.75 Å². The highest BCUT2D eigenvalue weighted by Gasteiger charge is 2.41. The molecule has 0 bridgehead atoms. The fourth-order valence-electron chi connectivity index (χ4n) is 2.86. The minimum atomic E-state index is -0.764. The summed E-state index contributed by atoms with van der Waals surface area (Å²) in [5.74, 6) is -2.10. The van der Waals surface area contributed by atoms with Gasteiger partial charge in [-0.2, -0.15) is 0 Å². The molecule has 0 fully saturated rings. The minimum absolute atomic E-state index is 0.0112. The number of phenols is 1. The van der Waals surface area contributed by atoms with Crippen molar-refractivity contribution in [2.24, 2.45) is 0 Å². The Morgan fingerprint density at radius 1 is 1.19 bits per heavy atom. The summed E-state index contributed by atoms with van der Waals surface area (Å²) in [6.07, 6.45) is 2.77. The van der Waals surface area contributed by atoms with Crippen molar-refractivity contribution in [3.05, 3.63) is 33.6 Å². The van der Waals surface area contributed by atoms with Gasteiger partial charge in [0.25, 0.3) is 11.8 Å². The maximum absolute atomic E-state index is 14.4. The fraction of sp³-hybridized carbons (Fsp3) is 0.333. The molecule has 2 aliphatic rings. The van der Waals surface area contributed by atoms with E-state index in [1.807, 2.05) is 0 Å². The molecular weight excluding hydrogens is 297 g/mol. The molecule has 4 nitrogen and oxygen atoms in total. The zero-order valence-electron chi connectivity index (χ0n) is 11.4. The maximum atomic E-state index is 14.4. The molecule has 1 N–H and O–H groups in total. The van der Waals surface area contributed by atoms with E-state index >= 15 is 0 Å². The molecular formula is C15H13ClFNO3. The van der Waals surface area contributed by atoms with Crippen molar-refractivity contribution in [3.8, 4) is 5.75 Å². The lowest BCUT2D eigenvalue weighted by Crippen LogP contribution is -2.32. The van der Waals surface area contributed by atoms with Crippen molar-refractivity contribution in [1.82, 2.24) is 0 Å². The summed E-state index contributed by atoms with van der Waals surface area (Å²) in [4.78, 5) is 25.6. The van der Waals surface area contributed by atoms with Crippen LogP contribution in [0, 0.1) is 12.7 Å². The van der Waals surface area contributed by atoms with E-state index in [2.05, 4.69) is 0 Å². The first-order valence-corrected chi connectivity index (χ1v) is 7.09. The van der Waals surface area contributed by atoms with Crippen molar-refractivity contribution >= 4 is 29.1 Å². The summed E-state index contributed by atoms with van der Waals surface area (Å²) in [5, 5.41) is 9.62. The number of carbonyl (C=O) groups excluding carboxylic acids is 2. The number of hydrogen-bond donors (Lipinski definition) is 1. The SMILES string of the molecule is Cc1c(F)c(N2C(=O)C3=C(CCCC3)C2=O)cc(O)c1Cl. The molecule has 110 valence electrons. The number of halogens is 2. The molecule has 0 spiro atoms. The smallest absolute Gasteiger partial charge is 0.261 e. The molecule has 3 rings (SSSR count). The topological polar surface area (TPSA) is 57.6 Å². The van der Waals surface area contributed by atoms with Crippen LogP contribution in [0.15, 0.2) is 17.2 Å². The van der Waals surface area contributed by atoms with Gasteiger partial charge >= 0.3 is 0 Å². The van der Waals surface area contributed by atoms with E-state index in [1.54, 1.807) is 0 Å². The van der Waals surface area contributed by atoms with E-state index < -0.39 is 17.6 Å². The largest absolute Gasteiger partial charge is 0.506 e. The number of aromatic hydroxyl groups is 1. The van der Waals surface area contributed by atoms with Gasteiger partial charge in [0, 0.05) is 22.8 Å². The zero-order valence-corrected chi connectivity index (χ0v) is 12.1. The molecule has 0 atom stereocenters. The molecule has 0 aromatic heterocycles. The van der Waals surface area contributed by atoms with Gasteiger partial charge in [-0.05, 0) is 32.6 Å². The van der Waals surface area contributed by atoms with E-state index in [1.165, 1.54) is 6.92 Å². The van der Waals surface area contributed by atoms with Crippen LogP contribution >= 0.6 is 11.6 Å². The van der Waals surface area contributed by atoms with Crippen LogP contribution in [0.1, 0.15) is 31.2 Å². The van der Waals surface area contributed by atoms with Gasteiger partial charge in [-0.25, -0.2) is 9.29 Å². The lowest BCUT2D eigenvalue weighted by molar-refractivity contribution is -0.120. The number of benzene rings is 1. The molecule has 1 aromatic rings. The Kier molecular flexibility index (Phi) is 3.24. The number of hydrogen-bond acceptors (Lipinski definition) is 3. The Balaban J connectivity index is 2.11. The Hall–Kier alpha value is -1.88. The number of nitrogens with zero attached hydrogens (tertiary/aromatic N) is 1. The van der Waals surface area contributed by atoms with Crippen molar-refractivity contribution < 1.29 is 19.1 Å². The van der Waals surface area contributed by atoms with E-state index in [0.29, 0.717) is 24.0 Å². The van der Waals surface area contributed by atoms with Gasteiger partial charge in [0.05, 0.1) is 10.7 Å². The summed E-state index contributed by atoms with van der Waals surface area (Å²) in [6.45, 7) is 1.39. The Morgan fingerprint density at radius 2 is 1.71 bits per heavy atom. The van der Waals surface area contributed by atoms with Crippen molar-refractivity contribution in [1.29, 1.82) is 0 Å². The van der Waals surface area contributed by atoms with Gasteiger partial charge < -0.3 is 5.11 Å². The van der Waals surface area contributed by atoms with Crippen LogP contribution in [0.5, 0.6) is 5.75 Å². The van der Waals surface area contributed by atoms with Gasteiger partial charge in [0.15, 0.2) is 5.82 Å². The molecule has 1 heterocycles. The maximum Gasteiger partial charge on any atom is 0.261 e. The third kappa shape index (κ3) is 1.95. The molecule has 1 aliphatic heterocycles. The van der Waals surface area contributed by atoms with Crippen LogP contribution in [0.3, 0.4) is 0 Å². The Morgan fingerprint density at radius 3 is 2.24 bits per heavy atom. The van der Waals surface area contributed by atoms with E-state index in [-0.39, 0.29) is 22.0 Å². The summed E-state index contributed by atoms with van der Waals surface area (Å²) in [5.41, 5.74) is 0.714. The monoisotopic (exact) mass is 309 g/mol. The quantitative estimate of drug-likeness (QED) is 0.810. The molecule has 0 unspecified atom stereocenters. The average Bonchev–Trinajstić information content (AvgIpc) is 2.73. The summed E-state index contributed by atoms with van der Waals surface area (Å²) < 4.78 is 14.4. The fourth-order valence-corrected chi connectivity index (χ4v) is 3.00. The van der Waals surface area contributed by atoms with E-state index in [9.17, 15) is 19.1 Å². The summed E-state index contributed by atoms with van der Waals surface area (Å²) >= 11 is 5.77. The molecule has 2 amide bonds. The minimum Gasteiger partial charge on any atom is -0.506 e. The molecule has 1 aliphatic carbocycles. The lowest BCUT2D eigenvalue weighted by atomic mass is 9.93. The van der Waals surface area contributed by atoms with Gasteiger partial charge in [-0.1, -0.05) is 11.6 Å². The van der Waals surface area contributed by atoms with Crippen LogP contribution < -0.4 is 4.90 Å². The number of anilines is 1. The normalized spacial score (nSPS) is 18.5. The molecule has 6 heteroatoms. The third-order valence-electron chi connectivity index (χ3n) is 4.01. The molecule has 0 saturated heterocycles. The first-order valence-electron chi connectivity index (χ1n) is 6.72. The Labute approximate surface area is 125 Å². The molecule has 21 heavy (non-hydrogen) atoms. The first-order chi connectivity index (χ1) is 9.93. The predicted octanol–water partition coefficient (Wildman–Crippen LogP) is 3.24. The lowest BCUT2D eigenvalue weighted by Gasteiger charge is -2.18. The van der Waals surface area contributed by atoms with Crippen LogP contribution in [0.4, 0.5) is 10.1 Å². The first kappa shape index (κ1) is 14.1.